The second kappa shape index (κ2) is 11.3. The molecule has 2 heterocycles. The van der Waals surface area contributed by atoms with Crippen LogP contribution in [-0.2, 0) is 27.1 Å². The molecule has 3 rings (SSSR count). The third-order valence-electron chi connectivity index (χ3n) is 5.85. The predicted molar refractivity (Wildman–Crippen MR) is 119 cm³/mol. The molecule has 0 radical (unpaired) electrons. The first-order valence-electron chi connectivity index (χ1n) is 10.8. The zero-order chi connectivity index (χ0) is 24.1. The number of ether oxygens (including phenoxy) is 4. The molecule has 0 aliphatic carbocycles. The summed E-state index contributed by atoms with van der Waals surface area (Å²) in [5.41, 5.74) is 4.57. The lowest BCUT2D eigenvalue weighted by Gasteiger charge is -2.39. The van der Waals surface area contributed by atoms with E-state index in [4.69, 9.17) is 18.9 Å². The van der Waals surface area contributed by atoms with Crippen LogP contribution in [0.25, 0.3) is 0 Å². The summed E-state index contributed by atoms with van der Waals surface area (Å²) in [5.74, 6) is 0.264. The van der Waals surface area contributed by atoms with Crippen LogP contribution in [0.4, 0.5) is 0 Å². The average molecular weight is 464 g/mol. The predicted octanol–water partition coefficient (Wildman–Crippen LogP) is 0.629. The lowest BCUT2D eigenvalue weighted by atomic mass is 9.98. The monoisotopic (exact) mass is 463 g/mol. The van der Waals surface area contributed by atoms with Crippen molar-refractivity contribution in [2.45, 2.75) is 63.7 Å². The molecule has 1 aromatic heterocycles. The van der Waals surface area contributed by atoms with E-state index < -0.39 is 37.3 Å². The summed E-state index contributed by atoms with van der Waals surface area (Å²) in [5, 5.41) is 39.9. The van der Waals surface area contributed by atoms with Crippen molar-refractivity contribution in [3.63, 3.8) is 0 Å². The molecule has 182 valence electrons. The SMILES string of the molecule is COC(Cc1ccc(Cc2c(C)cc(C)nc2O[C@@H]2O[C@H](CO)[C@@H](O)[C@H](O)[C@H]2O)cc1)OC. The van der Waals surface area contributed by atoms with Gasteiger partial charge in [-0.3, -0.25) is 0 Å². The van der Waals surface area contributed by atoms with Crippen molar-refractivity contribution in [2.75, 3.05) is 20.8 Å². The molecule has 0 unspecified atom stereocenters. The van der Waals surface area contributed by atoms with E-state index in [9.17, 15) is 20.4 Å². The minimum absolute atomic E-state index is 0.264. The quantitative estimate of drug-likeness (QED) is 0.396. The Balaban J connectivity index is 1.81. The van der Waals surface area contributed by atoms with Gasteiger partial charge in [-0.1, -0.05) is 24.3 Å². The lowest BCUT2D eigenvalue weighted by molar-refractivity contribution is -0.278. The van der Waals surface area contributed by atoms with Crippen LogP contribution >= 0.6 is 0 Å². The molecule has 1 saturated heterocycles. The van der Waals surface area contributed by atoms with E-state index in [1.807, 2.05) is 44.2 Å². The first-order chi connectivity index (χ1) is 15.8. The Morgan fingerprint density at radius 3 is 2.21 bits per heavy atom. The van der Waals surface area contributed by atoms with Crippen LogP contribution in [-0.4, -0.2) is 83.2 Å². The van der Waals surface area contributed by atoms with Crippen LogP contribution in [0.5, 0.6) is 5.88 Å². The van der Waals surface area contributed by atoms with Gasteiger partial charge >= 0.3 is 0 Å². The maximum Gasteiger partial charge on any atom is 0.231 e. The van der Waals surface area contributed by atoms with E-state index in [-0.39, 0.29) is 12.2 Å². The number of aliphatic hydroxyl groups is 4. The molecule has 0 spiro atoms. The van der Waals surface area contributed by atoms with E-state index in [0.717, 1.165) is 27.9 Å². The Morgan fingerprint density at radius 1 is 0.970 bits per heavy atom. The number of aliphatic hydroxyl groups excluding tert-OH is 4. The van der Waals surface area contributed by atoms with Gasteiger partial charge in [0, 0.05) is 38.3 Å². The highest BCUT2D eigenvalue weighted by atomic mass is 16.7. The fourth-order valence-corrected chi connectivity index (χ4v) is 3.87. The van der Waals surface area contributed by atoms with Gasteiger partial charge in [0.2, 0.25) is 12.2 Å². The first-order valence-corrected chi connectivity index (χ1v) is 10.8. The molecule has 5 atom stereocenters. The molecule has 0 bridgehead atoms. The van der Waals surface area contributed by atoms with Crippen LogP contribution in [0.1, 0.15) is 27.9 Å². The second-order valence-corrected chi connectivity index (χ2v) is 8.28. The number of pyridine rings is 1. The molecule has 4 N–H and O–H groups in total. The highest BCUT2D eigenvalue weighted by Gasteiger charge is 2.45. The molecule has 33 heavy (non-hydrogen) atoms. The smallest absolute Gasteiger partial charge is 0.231 e. The molecule has 0 saturated carbocycles. The van der Waals surface area contributed by atoms with Crippen molar-refractivity contribution in [1.29, 1.82) is 0 Å². The molecular formula is C24H33NO8. The molecule has 9 nitrogen and oxygen atoms in total. The van der Waals surface area contributed by atoms with Gasteiger partial charge in [0.25, 0.3) is 0 Å². The molecule has 1 aliphatic rings. The Bertz CT molecular complexity index is 900. The molecule has 9 heteroatoms. The second-order valence-electron chi connectivity index (χ2n) is 8.28. The fraction of sp³-hybridized carbons (Fsp3) is 0.542. The Hall–Kier alpha value is -2.11. The van der Waals surface area contributed by atoms with Gasteiger partial charge in [0.05, 0.1) is 6.61 Å². The number of hydrogen-bond acceptors (Lipinski definition) is 9. The maximum absolute atomic E-state index is 10.4. The fourth-order valence-electron chi connectivity index (χ4n) is 3.87. The van der Waals surface area contributed by atoms with E-state index in [2.05, 4.69) is 4.98 Å². The van der Waals surface area contributed by atoms with Crippen molar-refractivity contribution >= 4 is 0 Å². The van der Waals surface area contributed by atoms with Crippen LogP contribution in [0, 0.1) is 13.8 Å². The minimum Gasteiger partial charge on any atom is -0.445 e. The van der Waals surface area contributed by atoms with Crippen molar-refractivity contribution in [3.8, 4) is 5.88 Å². The number of methoxy groups -OCH3 is 2. The van der Waals surface area contributed by atoms with Gasteiger partial charge in [-0.2, -0.15) is 0 Å². The number of rotatable bonds is 9. The summed E-state index contributed by atoms with van der Waals surface area (Å²) in [6, 6.07) is 9.97. The average Bonchev–Trinajstić information content (AvgIpc) is 2.80. The summed E-state index contributed by atoms with van der Waals surface area (Å²) in [6.45, 7) is 3.24. The van der Waals surface area contributed by atoms with Crippen molar-refractivity contribution in [3.05, 3.63) is 58.3 Å². The summed E-state index contributed by atoms with van der Waals surface area (Å²) in [7, 11) is 3.21. The number of aromatic nitrogens is 1. The zero-order valence-corrected chi connectivity index (χ0v) is 19.3. The maximum atomic E-state index is 10.4. The van der Waals surface area contributed by atoms with E-state index in [1.165, 1.54) is 0 Å². The van der Waals surface area contributed by atoms with Gasteiger partial charge in [0.1, 0.15) is 24.4 Å². The van der Waals surface area contributed by atoms with Crippen molar-refractivity contribution in [2.24, 2.45) is 0 Å². The molecule has 1 aromatic carbocycles. The van der Waals surface area contributed by atoms with Gasteiger partial charge in [-0.25, -0.2) is 4.98 Å². The summed E-state index contributed by atoms with van der Waals surface area (Å²) < 4.78 is 21.9. The Morgan fingerprint density at radius 2 is 1.61 bits per heavy atom. The third-order valence-corrected chi connectivity index (χ3v) is 5.85. The normalized spacial score (nSPS) is 25.4. The summed E-state index contributed by atoms with van der Waals surface area (Å²) in [4.78, 5) is 4.48. The van der Waals surface area contributed by atoms with Crippen molar-refractivity contribution < 1.29 is 39.4 Å². The van der Waals surface area contributed by atoms with Gasteiger partial charge in [-0.15, -0.1) is 0 Å². The summed E-state index contributed by atoms with van der Waals surface area (Å²) >= 11 is 0. The van der Waals surface area contributed by atoms with Crippen molar-refractivity contribution in [1.82, 2.24) is 4.98 Å². The third kappa shape index (κ3) is 6.07. The largest absolute Gasteiger partial charge is 0.445 e. The molecule has 1 aliphatic heterocycles. The van der Waals surface area contributed by atoms with Crippen LogP contribution < -0.4 is 4.74 Å². The summed E-state index contributed by atoms with van der Waals surface area (Å²) in [6.07, 6.45) is -6.00. The highest BCUT2D eigenvalue weighted by Crippen LogP contribution is 2.29. The number of hydrogen-bond donors (Lipinski definition) is 4. The van der Waals surface area contributed by atoms with Crippen LogP contribution in [0.2, 0.25) is 0 Å². The topological polar surface area (TPSA) is 131 Å². The molecule has 1 fully saturated rings. The van der Waals surface area contributed by atoms with E-state index in [1.54, 1.807) is 14.2 Å². The Kier molecular flexibility index (Phi) is 8.77. The number of nitrogens with zero attached hydrogens (tertiary/aromatic N) is 1. The van der Waals surface area contributed by atoms with Gasteiger partial charge < -0.3 is 39.4 Å². The Labute approximate surface area is 193 Å². The van der Waals surface area contributed by atoms with Crippen LogP contribution in [0.3, 0.4) is 0 Å². The van der Waals surface area contributed by atoms with Gasteiger partial charge in [0.15, 0.2) is 6.29 Å². The highest BCUT2D eigenvalue weighted by molar-refractivity contribution is 5.40. The van der Waals surface area contributed by atoms with E-state index in [0.29, 0.717) is 12.8 Å². The first kappa shape index (κ1) is 25.5. The molecular weight excluding hydrogens is 430 g/mol. The standard InChI is InChI=1S/C24H33NO8/c1-13-9-14(2)25-23(33-24-22(29)21(28)20(27)18(12-26)32-24)17(13)10-15-5-7-16(8-6-15)11-19(30-3)31-4/h5-9,18-22,24,26-29H,10-12H2,1-4H3/t18-,20-,21+,22-,24+/m1/s1. The van der Waals surface area contributed by atoms with E-state index >= 15 is 0 Å². The molecule has 2 aromatic rings. The van der Waals surface area contributed by atoms with Crippen LogP contribution in [0.15, 0.2) is 30.3 Å². The zero-order valence-electron chi connectivity index (χ0n) is 19.3. The lowest BCUT2D eigenvalue weighted by Crippen LogP contribution is -2.60. The number of benzene rings is 1. The minimum atomic E-state index is -1.52. The van der Waals surface area contributed by atoms with Gasteiger partial charge in [-0.05, 0) is 36.6 Å². The number of aryl methyl sites for hydroxylation is 2. The molecule has 0 amide bonds.